The molecule has 4 aromatic carbocycles. The molecular formula is C78H124N6+2. The van der Waals surface area contributed by atoms with E-state index in [1.807, 2.05) is 0 Å². The Labute approximate surface area is 517 Å². The van der Waals surface area contributed by atoms with Gasteiger partial charge in [-0.05, 0) is 124 Å². The van der Waals surface area contributed by atoms with Gasteiger partial charge in [0.1, 0.15) is 13.1 Å². The first-order valence-corrected chi connectivity index (χ1v) is 35.5. The summed E-state index contributed by atoms with van der Waals surface area (Å²) in [5.74, 6) is 0. The minimum absolute atomic E-state index is 1.13. The topological polar surface area (TPSA) is 19.0 Å². The lowest BCUT2D eigenvalue weighted by atomic mass is 10.1. The Hall–Kier alpha value is -5.10. The van der Waals surface area contributed by atoms with Gasteiger partial charge in [0, 0.05) is 135 Å². The summed E-state index contributed by atoms with van der Waals surface area (Å²) >= 11 is 0. The van der Waals surface area contributed by atoms with Crippen LogP contribution in [0.2, 0.25) is 0 Å². The van der Waals surface area contributed by atoms with E-state index in [1.54, 1.807) is 0 Å². The van der Waals surface area contributed by atoms with Crippen LogP contribution in [-0.2, 0) is 0 Å². The number of nitrogens with zero attached hydrogens (tertiary/aromatic N) is 6. The highest BCUT2D eigenvalue weighted by Crippen LogP contribution is 2.38. The molecule has 0 N–H and O–H groups in total. The molecule has 0 aliphatic heterocycles. The maximum atomic E-state index is 2.67. The van der Waals surface area contributed by atoms with Crippen molar-refractivity contribution in [2.24, 2.45) is 0 Å². The van der Waals surface area contributed by atoms with Gasteiger partial charge < -0.3 is 19.6 Å². The molecule has 0 heterocycles. The quantitative estimate of drug-likeness (QED) is 0.0249. The minimum Gasteiger partial charge on any atom is -0.372 e. The number of hydrogen-bond donors (Lipinski definition) is 0. The van der Waals surface area contributed by atoms with E-state index in [1.165, 1.54) is 262 Å². The van der Waals surface area contributed by atoms with Gasteiger partial charge in [-0.15, -0.1) is 0 Å². The Kier molecular flexibility index (Phi) is 36.1. The molecule has 0 amide bonds. The average molecular weight is 1150 g/mol. The number of unbranched alkanes of at least 4 members (excludes halogenated alkanes) is 24. The molecule has 0 saturated carbocycles. The molecule has 0 atom stereocenters. The number of benzene rings is 4. The lowest BCUT2D eigenvalue weighted by Gasteiger charge is -2.29. The van der Waals surface area contributed by atoms with E-state index < -0.39 is 0 Å². The second kappa shape index (κ2) is 43.5. The minimum atomic E-state index is 1.13. The summed E-state index contributed by atoms with van der Waals surface area (Å²) in [6.07, 6.45) is 50.7. The van der Waals surface area contributed by atoms with Gasteiger partial charge in [-0.3, -0.25) is 0 Å². The summed E-state index contributed by atoms with van der Waals surface area (Å²) < 4.78 is 5.17. The predicted octanol–water partition coefficient (Wildman–Crippen LogP) is 23.1. The molecule has 0 spiro atoms. The third kappa shape index (κ3) is 25.1. The SMILES string of the molecule is CCCCCCN(CCCCCC)c1ccc(N(c2ccc(N(CCCCCC)CCCCCC)cc2)c2ccc([N+](=C3C=CC(=[N+](CCCCCC)CCCCCC)C=C3)c3ccc(N(CCCCCC)CCCCCC)cc3)cc2)cc1. The molecular weight excluding hydrogens is 1020 g/mol. The first-order valence-electron chi connectivity index (χ1n) is 35.5. The molecule has 0 fully saturated rings. The maximum Gasteiger partial charge on any atom is 0.212 e. The van der Waals surface area contributed by atoms with Gasteiger partial charge in [-0.2, -0.15) is 4.58 Å². The van der Waals surface area contributed by atoms with Crippen molar-refractivity contribution in [2.45, 2.75) is 261 Å². The van der Waals surface area contributed by atoms with E-state index in [4.69, 9.17) is 0 Å². The largest absolute Gasteiger partial charge is 0.372 e. The highest BCUT2D eigenvalue weighted by atomic mass is 15.2. The average Bonchev–Trinajstić information content (AvgIpc) is 3.56. The number of hydrogen-bond acceptors (Lipinski definition) is 4. The van der Waals surface area contributed by atoms with Crippen molar-refractivity contribution in [3.05, 3.63) is 121 Å². The molecule has 1 aliphatic carbocycles. The van der Waals surface area contributed by atoms with Crippen molar-refractivity contribution in [3.8, 4) is 0 Å². The number of allylic oxidation sites excluding steroid dienone is 4. The van der Waals surface area contributed by atoms with Crippen LogP contribution in [0, 0.1) is 0 Å². The van der Waals surface area contributed by atoms with E-state index in [9.17, 15) is 0 Å². The van der Waals surface area contributed by atoms with Gasteiger partial charge in [-0.25, -0.2) is 4.58 Å². The Morgan fingerprint density at radius 2 is 0.464 bits per heavy atom. The van der Waals surface area contributed by atoms with Crippen molar-refractivity contribution < 1.29 is 4.58 Å². The summed E-state index contributed by atoms with van der Waals surface area (Å²) in [5, 5.41) is 0. The third-order valence-corrected chi connectivity index (χ3v) is 17.5. The van der Waals surface area contributed by atoms with E-state index in [0.717, 1.165) is 52.4 Å². The van der Waals surface area contributed by atoms with Crippen LogP contribution < -0.4 is 24.2 Å². The zero-order valence-corrected chi connectivity index (χ0v) is 55.5. The molecule has 84 heavy (non-hydrogen) atoms. The van der Waals surface area contributed by atoms with Gasteiger partial charge in [0.2, 0.25) is 17.1 Å². The van der Waals surface area contributed by atoms with Crippen LogP contribution in [0.4, 0.5) is 45.5 Å². The summed E-state index contributed by atoms with van der Waals surface area (Å²) in [7, 11) is 0. The fraction of sp³-hybridized carbons (Fsp3) is 0.615. The van der Waals surface area contributed by atoms with Gasteiger partial charge >= 0.3 is 0 Å². The van der Waals surface area contributed by atoms with Crippen LogP contribution in [-0.4, -0.2) is 68.4 Å². The zero-order chi connectivity index (χ0) is 59.7. The third-order valence-electron chi connectivity index (χ3n) is 17.5. The van der Waals surface area contributed by atoms with Gasteiger partial charge in [-0.1, -0.05) is 197 Å². The Morgan fingerprint density at radius 3 is 0.738 bits per heavy atom. The van der Waals surface area contributed by atoms with Crippen molar-refractivity contribution >= 4 is 56.9 Å². The maximum absolute atomic E-state index is 2.67. The second-order valence-corrected chi connectivity index (χ2v) is 24.7. The molecule has 0 radical (unpaired) electrons. The molecule has 0 unspecified atom stereocenters. The monoisotopic (exact) mass is 1140 g/mol. The van der Waals surface area contributed by atoms with E-state index in [0.29, 0.717) is 0 Å². The molecule has 1 aliphatic rings. The van der Waals surface area contributed by atoms with E-state index in [-0.39, 0.29) is 0 Å². The summed E-state index contributed by atoms with van der Waals surface area (Å²) in [4.78, 5) is 10.5. The van der Waals surface area contributed by atoms with Gasteiger partial charge in [0.05, 0.1) is 0 Å². The number of rotatable bonds is 48. The van der Waals surface area contributed by atoms with Crippen molar-refractivity contribution in [3.63, 3.8) is 0 Å². The first kappa shape index (κ1) is 69.7. The lowest BCUT2D eigenvalue weighted by molar-refractivity contribution is -0.527. The Balaban J connectivity index is 1.61. The standard InChI is InChI=1S/C78H124N6/c1-9-17-25-33-61-79(62-34-26-18-10-2)69-41-49-73(50-42-69)83(74-51-43-70(44-52-74)80(63-35-27-19-11-3)64-36-28-20-12-4)77-57-59-78(60-58-77)84(75-53-45-71(46-54-75)81(65-37-29-21-13-5)66-38-30-22-14-6)76-55-47-72(48-56-76)82(67-39-31-23-15-7)68-40-32-24-16-8/h41-60H,9-40,61-68H2,1-8H3/q+2. The summed E-state index contributed by atoms with van der Waals surface area (Å²) in [6, 6.07) is 38.3. The molecule has 5 rings (SSSR count). The molecule has 6 nitrogen and oxygen atoms in total. The predicted molar refractivity (Wildman–Crippen MR) is 377 cm³/mol. The lowest BCUT2D eigenvalue weighted by Crippen LogP contribution is -2.26. The molecule has 0 saturated heterocycles. The normalized spacial score (nSPS) is 12.1. The van der Waals surface area contributed by atoms with Crippen LogP contribution in [0.5, 0.6) is 0 Å². The van der Waals surface area contributed by atoms with Crippen molar-refractivity contribution in [1.82, 2.24) is 4.58 Å². The molecule has 464 valence electrons. The van der Waals surface area contributed by atoms with Crippen molar-refractivity contribution in [2.75, 3.05) is 72.0 Å². The molecule has 0 aromatic heterocycles. The van der Waals surface area contributed by atoms with Crippen LogP contribution >= 0.6 is 0 Å². The van der Waals surface area contributed by atoms with E-state index in [2.05, 4.69) is 206 Å². The van der Waals surface area contributed by atoms with Crippen LogP contribution in [0.15, 0.2) is 121 Å². The van der Waals surface area contributed by atoms with Crippen LogP contribution in [0.1, 0.15) is 261 Å². The fourth-order valence-electron chi connectivity index (χ4n) is 12.2. The van der Waals surface area contributed by atoms with E-state index >= 15 is 0 Å². The van der Waals surface area contributed by atoms with Crippen molar-refractivity contribution in [1.29, 1.82) is 0 Å². The highest BCUT2D eigenvalue weighted by Gasteiger charge is 2.24. The molecule has 6 heteroatoms. The highest BCUT2D eigenvalue weighted by molar-refractivity contribution is 6.18. The smallest absolute Gasteiger partial charge is 0.212 e. The zero-order valence-electron chi connectivity index (χ0n) is 55.5. The van der Waals surface area contributed by atoms with Crippen LogP contribution in [0.3, 0.4) is 0 Å². The summed E-state index contributed by atoms with van der Waals surface area (Å²) in [6.45, 7) is 27.6. The first-order chi connectivity index (χ1) is 41.4. The molecule has 0 bridgehead atoms. The van der Waals surface area contributed by atoms with Crippen LogP contribution in [0.25, 0.3) is 0 Å². The fourth-order valence-corrected chi connectivity index (χ4v) is 12.2. The molecule has 4 aromatic rings. The Morgan fingerprint density at radius 1 is 0.238 bits per heavy atom. The number of anilines is 6. The van der Waals surface area contributed by atoms with Gasteiger partial charge in [0.15, 0.2) is 5.71 Å². The van der Waals surface area contributed by atoms with Gasteiger partial charge in [0.25, 0.3) is 0 Å². The summed E-state index contributed by atoms with van der Waals surface area (Å²) in [5.41, 5.74) is 12.5. The Bertz CT molecular complexity index is 2270. The second-order valence-electron chi connectivity index (χ2n) is 24.7.